The summed E-state index contributed by atoms with van der Waals surface area (Å²) in [5, 5.41) is 2.61. The maximum atomic E-state index is 13.3. The van der Waals surface area contributed by atoms with Crippen molar-refractivity contribution in [1.29, 1.82) is 0 Å². The van der Waals surface area contributed by atoms with Gasteiger partial charge in [-0.3, -0.25) is 13.4 Å². The summed E-state index contributed by atoms with van der Waals surface area (Å²) >= 11 is 0. The molecule has 0 heterocycles. The van der Waals surface area contributed by atoms with E-state index in [1.165, 1.54) is 13.1 Å². The minimum absolute atomic E-state index is 0.168. The lowest BCUT2D eigenvalue weighted by Crippen LogP contribution is -2.38. The van der Waals surface area contributed by atoms with Gasteiger partial charge in [-0.15, -0.1) is 0 Å². The van der Waals surface area contributed by atoms with Crippen LogP contribution in [0.25, 0.3) is 0 Å². The Morgan fingerprint density at radius 3 is 2.12 bits per heavy atom. The smallest absolute Gasteiger partial charge is 0.264 e. The van der Waals surface area contributed by atoms with E-state index in [9.17, 15) is 26.0 Å². The zero-order valence-corrected chi connectivity index (χ0v) is 20.4. The van der Waals surface area contributed by atoms with Crippen LogP contribution in [0.5, 0.6) is 0 Å². The van der Waals surface area contributed by atoms with E-state index in [2.05, 4.69) is 5.32 Å². The third-order valence-electron chi connectivity index (χ3n) is 5.00. The molecule has 1 amide bonds. The molecule has 180 valence electrons. The van der Waals surface area contributed by atoms with Crippen molar-refractivity contribution in [3.63, 3.8) is 0 Å². The fraction of sp³-hybridized carbons (Fsp3) is 0.174. The third-order valence-corrected chi connectivity index (χ3v) is 8.00. The predicted molar refractivity (Wildman–Crippen MR) is 130 cm³/mol. The summed E-state index contributed by atoms with van der Waals surface area (Å²) in [6.45, 7) is 1.28. The average molecular weight is 506 g/mol. The van der Waals surface area contributed by atoms with E-state index in [1.807, 2.05) is 6.92 Å². The first-order valence-corrected chi connectivity index (χ1v) is 13.4. The maximum Gasteiger partial charge on any atom is 0.264 e. The Labute approximate surface area is 198 Å². The lowest BCUT2D eigenvalue weighted by Gasteiger charge is -2.24. The van der Waals surface area contributed by atoms with E-state index in [4.69, 9.17) is 0 Å². The Morgan fingerprint density at radius 2 is 1.53 bits per heavy atom. The minimum atomic E-state index is -4.19. The monoisotopic (exact) mass is 505 g/mol. The molecule has 3 aromatic carbocycles. The van der Waals surface area contributed by atoms with Gasteiger partial charge in [-0.2, -0.15) is 0 Å². The molecule has 0 spiro atoms. The highest BCUT2D eigenvalue weighted by molar-refractivity contribution is 7.93. The number of anilines is 3. The van der Waals surface area contributed by atoms with Crippen LogP contribution < -0.4 is 13.9 Å². The van der Waals surface area contributed by atoms with Gasteiger partial charge in [0.1, 0.15) is 12.4 Å². The zero-order chi connectivity index (χ0) is 25.1. The van der Waals surface area contributed by atoms with Gasteiger partial charge in [0, 0.05) is 12.7 Å². The Hall–Kier alpha value is -3.44. The molecule has 0 aliphatic carbocycles. The minimum Gasteiger partial charge on any atom is -0.324 e. The molecule has 3 rings (SSSR count). The van der Waals surface area contributed by atoms with Crippen molar-refractivity contribution in [3.05, 3.63) is 84.2 Å². The lowest BCUT2D eigenvalue weighted by molar-refractivity contribution is -0.114. The summed E-state index contributed by atoms with van der Waals surface area (Å²) < 4.78 is 65.6. The summed E-state index contributed by atoms with van der Waals surface area (Å²) in [6.07, 6.45) is 1.05. The third kappa shape index (κ3) is 5.91. The van der Waals surface area contributed by atoms with E-state index >= 15 is 0 Å². The normalized spacial score (nSPS) is 11.6. The van der Waals surface area contributed by atoms with Crippen molar-refractivity contribution in [2.75, 3.05) is 33.8 Å². The molecular weight excluding hydrogens is 481 g/mol. The Bertz CT molecular complexity index is 1390. The number of nitrogens with one attached hydrogen (secondary N) is 1. The number of hydrogen-bond donors (Lipinski definition) is 1. The van der Waals surface area contributed by atoms with Gasteiger partial charge in [0.25, 0.3) is 10.0 Å². The van der Waals surface area contributed by atoms with Gasteiger partial charge in [0.15, 0.2) is 0 Å². The summed E-state index contributed by atoms with van der Waals surface area (Å²) in [6, 6.07) is 17.1. The number of aryl methyl sites for hydroxylation is 1. The quantitative estimate of drug-likeness (QED) is 0.506. The fourth-order valence-corrected chi connectivity index (χ4v) is 4.98. The van der Waals surface area contributed by atoms with Crippen molar-refractivity contribution in [3.8, 4) is 0 Å². The van der Waals surface area contributed by atoms with Gasteiger partial charge in [0.05, 0.1) is 22.5 Å². The van der Waals surface area contributed by atoms with Crippen molar-refractivity contribution < 1.29 is 26.0 Å². The van der Waals surface area contributed by atoms with E-state index in [0.717, 1.165) is 44.7 Å². The van der Waals surface area contributed by atoms with E-state index < -0.39 is 38.3 Å². The molecule has 0 fully saturated rings. The molecule has 0 radical (unpaired) electrons. The van der Waals surface area contributed by atoms with Crippen LogP contribution >= 0.6 is 0 Å². The molecule has 0 aliphatic heterocycles. The van der Waals surface area contributed by atoms with Crippen LogP contribution in [0.3, 0.4) is 0 Å². The highest BCUT2D eigenvalue weighted by Crippen LogP contribution is 2.25. The van der Waals surface area contributed by atoms with Crippen LogP contribution in [0, 0.1) is 12.7 Å². The molecule has 34 heavy (non-hydrogen) atoms. The average Bonchev–Trinajstić information content (AvgIpc) is 2.77. The van der Waals surface area contributed by atoms with Gasteiger partial charge >= 0.3 is 0 Å². The highest BCUT2D eigenvalue weighted by atomic mass is 32.2. The van der Waals surface area contributed by atoms with Gasteiger partial charge in [-0.1, -0.05) is 23.8 Å². The largest absolute Gasteiger partial charge is 0.324 e. The second kappa shape index (κ2) is 9.82. The number of sulfonamides is 2. The SMILES string of the molecule is Cc1ccc(N(CC(=O)Nc2cccc(N(C)S(C)(=O)=O)c2)S(=O)(=O)c2ccc(F)cc2)cc1. The number of halogens is 1. The van der Waals surface area contributed by atoms with Crippen LogP contribution in [-0.2, 0) is 24.8 Å². The Morgan fingerprint density at radius 1 is 0.912 bits per heavy atom. The van der Waals surface area contributed by atoms with Crippen molar-refractivity contribution >= 4 is 43.0 Å². The number of nitrogens with zero attached hydrogens (tertiary/aromatic N) is 2. The van der Waals surface area contributed by atoms with Crippen LogP contribution in [0.4, 0.5) is 21.5 Å². The van der Waals surface area contributed by atoms with Crippen LogP contribution in [0.15, 0.2) is 77.7 Å². The summed E-state index contributed by atoms with van der Waals surface area (Å²) in [7, 11) is -6.32. The molecule has 0 unspecified atom stereocenters. The number of carbonyl (C=O) groups is 1. The predicted octanol–water partition coefficient (Wildman–Crippen LogP) is 3.36. The molecule has 0 aromatic heterocycles. The second-order valence-corrected chi connectivity index (χ2v) is 11.5. The molecule has 0 bridgehead atoms. The van der Waals surface area contributed by atoms with Crippen LogP contribution in [0.2, 0.25) is 0 Å². The maximum absolute atomic E-state index is 13.3. The van der Waals surface area contributed by atoms with Gasteiger partial charge in [0.2, 0.25) is 15.9 Å². The number of carbonyl (C=O) groups excluding carboxylic acids is 1. The molecular formula is C23H24FN3O5S2. The van der Waals surface area contributed by atoms with Crippen molar-refractivity contribution in [2.24, 2.45) is 0 Å². The first kappa shape index (κ1) is 25.2. The molecule has 11 heteroatoms. The molecule has 0 saturated heterocycles. The Balaban J connectivity index is 1.91. The molecule has 0 atom stereocenters. The lowest BCUT2D eigenvalue weighted by atomic mass is 10.2. The van der Waals surface area contributed by atoms with Crippen molar-refractivity contribution in [2.45, 2.75) is 11.8 Å². The molecule has 1 N–H and O–H groups in total. The highest BCUT2D eigenvalue weighted by Gasteiger charge is 2.27. The summed E-state index contributed by atoms with van der Waals surface area (Å²) in [4.78, 5) is 12.7. The number of amides is 1. The Kier molecular flexibility index (Phi) is 7.27. The molecule has 0 saturated carbocycles. The standard InChI is InChI=1S/C23H24FN3O5S2/c1-17-7-11-20(12-8-17)27(34(31,32)22-13-9-18(24)10-14-22)16-23(28)25-19-5-4-6-21(15-19)26(2)33(3,29)30/h4-15H,16H2,1-3H3,(H,25,28). The first-order valence-electron chi connectivity index (χ1n) is 10.1. The summed E-state index contributed by atoms with van der Waals surface area (Å²) in [5.41, 5.74) is 1.78. The molecule has 0 aliphatic rings. The van der Waals surface area contributed by atoms with E-state index in [-0.39, 0.29) is 10.6 Å². The van der Waals surface area contributed by atoms with Gasteiger partial charge in [-0.05, 0) is 61.5 Å². The molecule has 8 nitrogen and oxygen atoms in total. The van der Waals surface area contributed by atoms with Gasteiger partial charge < -0.3 is 5.32 Å². The second-order valence-electron chi connectivity index (χ2n) is 7.63. The number of benzene rings is 3. The van der Waals surface area contributed by atoms with E-state index in [0.29, 0.717) is 11.4 Å². The van der Waals surface area contributed by atoms with Crippen LogP contribution in [-0.4, -0.2) is 42.6 Å². The number of rotatable bonds is 8. The topological polar surface area (TPSA) is 104 Å². The van der Waals surface area contributed by atoms with Crippen LogP contribution in [0.1, 0.15) is 5.56 Å². The first-order chi connectivity index (χ1) is 15.9. The van der Waals surface area contributed by atoms with Gasteiger partial charge in [-0.25, -0.2) is 21.2 Å². The van der Waals surface area contributed by atoms with Crippen molar-refractivity contribution in [1.82, 2.24) is 0 Å². The zero-order valence-electron chi connectivity index (χ0n) is 18.8. The fourth-order valence-electron chi connectivity index (χ4n) is 3.06. The number of hydrogen-bond acceptors (Lipinski definition) is 5. The summed E-state index contributed by atoms with van der Waals surface area (Å²) in [5.74, 6) is -1.23. The van der Waals surface area contributed by atoms with E-state index in [1.54, 1.807) is 42.5 Å². The molecule has 3 aromatic rings.